The lowest BCUT2D eigenvalue weighted by Crippen LogP contribution is -2.41. The Kier molecular flexibility index (Phi) is 8.71. The van der Waals surface area contributed by atoms with Gasteiger partial charge in [-0.25, -0.2) is 4.79 Å². The number of nitro benzene ring substituents is 1. The van der Waals surface area contributed by atoms with Crippen LogP contribution < -0.4 is 0 Å². The summed E-state index contributed by atoms with van der Waals surface area (Å²) in [6, 6.07) is 16.1. The van der Waals surface area contributed by atoms with Crippen molar-refractivity contribution in [3.05, 3.63) is 81.4 Å². The molecule has 1 aliphatic rings. The van der Waals surface area contributed by atoms with Crippen LogP contribution in [-0.2, 0) is 20.9 Å². The summed E-state index contributed by atoms with van der Waals surface area (Å²) in [4.78, 5) is 37.9. The van der Waals surface area contributed by atoms with E-state index in [-0.39, 0.29) is 23.3 Å². The highest BCUT2D eigenvalue weighted by Gasteiger charge is 2.35. The molecule has 0 heterocycles. The van der Waals surface area contributed by atoms with Crippen LogP contribution in [0, 0.1) is 15.5 Å². The van der Waals surface area contributed by atoms with Crippen molar-refractivity contribution in [1.82, 2.24) is 4.90 Å². The van der Waals surface area contributed by atoms with E-state index in [1.54, 1.807) is 6.07 Å². The molecule has 2 aromatic rings. The smallest absolute Gasteiger partial charge is 0.341 e. The number of rotatable bonds is 10. The number of benzene rings is 2. The lowest BCUT2D eigenvalue weighted by molar-refractivity contribution is -0.384. The van der Waals surface area contributed by atoms with Crippen molar-refractivity contribution in [2.75, 3.05) is 20.2 Å². The number of carbonyl (C=O) groups excluding carboxylic acids is 2. The molecule has 0 saturated heterocycles. The summed E-state index contributed by atoms with van der Waals surface area (Å²) in [6.07, 6.45) is 6.63. The van der Waals surface area contributed by atoms with Gasteiger partial charge in [0, 0.05) is 30.6 Å². The van der Waals surface area contributed by atoms with Crippen molar-refractivity contribution in [2.45, 2.75) is 45.6 Å². The van der Waals surface area contributed by atoms with Gasteiger partial charge in [0.2, 0.25) is 0 Å². The van der Waals surface area contributed by atoms with Gasteiger partial charge in [0.25, 0.3) is 5.69 Å². The minimum Gasteiger partial charge on any atom is -0.461 e. The Bertz CT molecular complexity index is 1040. The van der Waals surface area contributed by atoms with E-state index in [9.17, 15) is 19.7 Å². The Morgan fingerprint density at radius 1 is 1.09 bits per heavy atom. The third-order valence-corrected chi connectivity index (χ3v) is 6.32. The summed E-state index contributed by atoms with van der Waals surface area (Å²) < 4.78 is 5.72. The van der Waals surface area contributed by atoms with Crippen molar-refractivity contribution in [2.24, 2.45) is 5.41 Å². The number of ketones is 1. The minimum atomic E-state index is -0.685. The van der Waals surface area contributed by atoms with E-state index in [1.807, 2.05) is 18.2 Å². The highest BCUT2D eigenvalue weighted by Crippen LogP contribution is 2.37. The molecular formula is C27H32N2O5. The first-order valence-corrected chi connectivity index (χ1v) is 11.6. The molecule has 1 saturated carbocycles. The van der Waals surface area contributed by atoms with E-state index >= 15 is 0 Å². The van der Waals surface area contributed by atoms with E-state index in [0.717, 1.165) is 38.8 Å². The van der Waals surface area contributed by atoms with E-state index in [4.69, 9.17) is 4.74 Å². The van der Waals surface area contributed by atoms with Crippen LogP contribution in [0.15, 0.2) is 60.2 Å². The molecule has 7 heteroatoms. The number of nitro groups is 1. The zero-order valence-electron chi connectivity index (χ0n) is 19.9. The zero-order valence-corrected chi connectivity index (χ0v) is 19.9. The average molecular weight is 465 g/mol. The molecule has 0 spiro atoms. The fourth-order valence-corrected chi connectivity index (χ4v) is 4.67. The van der Waals surface area contributed by atoms with Crippen molar-refractivity contribution in [3.63, 3.8) is 0 Å². The standard InChI is InChI=1S/C27H32N2O5/c1-21(30)25(17-23-12-9-13-24(16-23)29(32)33)26(31)34-20-27(14-7-4-8-15-27)19-28(2)18-22-10-5-3-6-11-22/h3,5-6,9-13,16-17H,4,7-8,14-15,18-20H2,1-2H3. The number of esters is 1. The molecule has 0 aliphatic heterocycles. The molecule has 0 unspecified atom stereocenters. The van der Waals surface area contributed by atoms with Crippen molar-refractivity contribution >= 4 is 23.5 Å². The Morgan fingerprint density at radius 2 is 1.79 bits per heavy atom. The van der Waals surface area contributed by atoms with Gasteiger partial charge in [0.05, 0.1) is 11.5 Å². The van der Waals surface area contributed by atoms with Gasteiger partial charge < -0.3 is 9.64 Å². The van der Waals surface area contributed by atoms with Crippen LogP contribution in [-0.4, -0.2) is 41.8 Å². The van der Waals surface area contributed by atoms with E-state index in [1.165, 1.54) is 43.2 Å². The lowest BCUT2D eigenvalue weighted by atomic mass is 9.74. The molecule has 2 aromatic carbocycles. The molecule has 3 rings (SSSR count). The van der Waals surface area contributed by atoms with E-state index < -0.39 is 16.7 Å². The minimum absolute atomic E-state index is 0.104. The van der Waals surface area contributed by atoms with Crippen LogP contribution in [0.25, 0.3) is 6.08 Å². The first-order valence-electron chi connectivity index (χ1n) is 11.6. The van der Waals surface area contributed by atoms with Crippen molar-refractivity contribution in [3.8, 4) is 0 Å². The molecule has 1 aliphatic carbocycles. The van der Waals surface area contributed by atoms with Crippen LogP contribution in [0.1, 0.15) is 50.2 Å². The second kappa shape index (κ2) is 11.7. The number of carbonyl (C=O) groups is 2. The molecule has 0 amide bonds. The number of hydrogen-bond acceptors (Lipinski definition) is 6. The highest BCUT2D eigenvalue weighted by atomic mass is 16.6. The van der Waals surface area contributed by atoms with Crippen LogP contribution in [0.5, 0.6) is 0 Å². The summed E-state index contributed by atoms with van der Waals surface area (Å²) in [5.41, 5.74) is 1.26. The maximum Gasteiger partial charge on any atom is 0.341 e. The predicted octanol–water partition coefficient (Wildman–Crippen LogP) is 5.19. The first kappa shape index (κ1) is 25.3. The molecular weight excluding hydrogens is 432 g/mol. The van der Waals surface area contributed by atoms with Crippen LogP contribution in [0.4, 0.5) is 5.69 Å². The van der Waals surface area contributed by atoms with E-state index in [0.29, 0.717) is 5.56 Å². The lowest BCUT2D eigenvalue weighted by Gasteiger charge is -2.39. The number of non-ortho nitro benzene ring substituents is 1. The quantitative estimate of drug-likeness (QED) is 0.120. The Labute approximate surface area is 200 Å². The molecule has 1 fully saturated rings. The summed E-state index contributed by atoms with van der Waals surface area (Å²) in [6.45, 7) is 3.14. The van der Waals surface area contributed by atoms with Crippen LogP contribution >= 0.6 is 0 Å². The normalized spacial score (nSPS) is 15.7. The maximum atomic E-state index is 12.9. The molecule has 0 bridgehead atoms. The van der Waals surface area contributed by atoms with Gasteiger partial charge in [-0.05, 0) is 44.0 Å². The van der Waals surface area contributed by atoms with Gasteiger partial charge in [0.1, 0.15) is 5.57 Å². The molecule has 0 N–H and O–H groups in total. The Hall–Kier alpha value is -3.32. The topological polar surface area (TPSA) is 89.8 Å². The highest BCUT2D eigenvalue weighted by molar-refractivity contribution is 6.19. The summed E-state index contributed by atoms with van der Waals surface area (Å²) >= 11 is 0. The number of ether oxygens (including phenoxy) is 1. The number of Topliss-reactive ketones (excluding diaryl/α,β-unsaturated/α-hetero) is 1. The first-order chi connectivity index (χ1) is 16.3. The van der Waals surface area contributed by atoms with Gasteiger partial charge in [-0.1, -0.05) is 61.7 Å². The van der Waals surface area contributed by atoms with Gasteiger partial charge >= 0.3 is 5.97 Å². The average Bonchev–Trinajstić information content (AvgIpc) is 2.82. The second-order valence-electron chi connectivity index (χ2n) is 9.26. The summed E-state index contributed by atoms with van der Waals surface area (Å²) in [5, 5.41) is 11.0. The molecule has 0 atom stereocenters. The van der Waals surface area contributed by atoms with Crippen molar-refractivity contribution in [1.29, 1.82) is 0 Å². The van der Waals surface area contributed by atoms with Crippen molar-refractivity contribution < 1.29 is 19.2 Å². The second-order valence-corrected chi connectivity index (χ2v) is 9.26. The van der Waals surface area contributed by atoms with E-state index in [2.05, 4.69) is 24.1 Å². The zero-order chi connectivity index (χ0) is 24.6. The molecule has 0 aromatic heterocycles. The molecule has 180 valence electrons. The molecule has 0 radical (unpaired) electrons. The number of nitrogens with zero attached hydrogens (tertiary/aromatic N) is 2. The summed E-state index contributed by atoms with van der Waals surface area (Å²) in [5.74, 6) is -1.12. The third kappa shape index (κ3) is 7.09. The Morgan fingerprint density at radius 3 is 2.44 bits per heavy atom. The summed E-state index contributed by atoms with van der Waals surface area (Å²) in [7, 11) is 2.08. The van der Waals surface area contributed by atoms with Crippen LogP contribution in [0.3, 0.4) is 0 Å². The maximum absolute atomic E-state index is 12.9. The van der Waals surface area contributed by atoms with Gasteiger partial charge in [0.15, 0.2) is 5.78 Å². The van der Waals surface area contributed by atoms with Gasteiger partial charge in [-0.15, -0.1) is 0 Å². The molecule has 7 nitrogen and oxygen atoms in total. The molecule has 34 heavy (non-hydrogen) atoms. The largest absolute Gasteiger partial charge is 0.461 e. The predicted molar refractivity (Wildman–Crippen MR) is 131 cm³/mol. The van der Waals surface area contributed by atoms with Gasteiger partial charge in [-0.3, -0.25) is 14.9 Å². The fourth-order valence-electron chi connectivity index (χ4n) is 4.67. The monoisotopic (exact) mass is 464 g/mol. The SMILES string of the molecule is CC(=O)C(=Cc1cccc([N+](=O)[O-])c1)C(=O)OCC1(CN(C)Cc2ccccc2)CCCCC1. The Balaban J connectivity index is 1.71. The fraction of sp³-hybridized carbons (Fsp3) is 0.407. The third-order valence-electron chi connectivity index (χ3n) is 6.32. The number of hydrogen-bond donors (Lipinski definition) is 0. The van der Waals surface area contributed by atoms with Gasteiger partial charge in [-0.2, -0.15) is 0 Å². The van der Waals surface area contributed by atoms with Crippen LogP contribution in [0.2, 0.25) is 0 Å².